The summed E-state index contributed by atoms with van der Waals surface area (Å²) in [5, 5.41) is 2.91. The molecule has 1 fully saturated rings. The lowest BCUT2D eigenvalue weighted by Gasteiger charge is -2.12. The van der Waals surface area contributed by atoms with Gasteiger partial charge in [0, 0.05) is 6.54 Å². The summed E-state index contributed by atoms with van der Waals surface area (Å²) in [4.78, 5) is 11.7. The van der Waals surface area contributed by atoms with Gasteiger partial charge < -0.3 is 11.1 Å². The van der Waals surface area contributed by atoms with Crippen molar-refractivity contribution in [3.63, 3.8) is 0 Å². The van der Waals surface area contributed by atoms with E-state index < -0.39 is 6.04 Å². The molecule has 3 atom stereocenters. The van der Waals surface area contributed by atoms with Crippen LogP contribution >= 0.6 is 0 Å². The summed E-state index contributed by atoms with van der Waals surface area (Å²) >= 11 is 0. The Labute approximate surface area is 96.0 Å². The molecule has 2 rings (SSSR count). The summed E-state index contributed by atoms with van der Waals surface area (Å²) in [5.74, 6) is 1.34. The van der Waals surface area contributed by atoms with Crippen LogP contribution in [0, 0.1) is 11.8 Å². The number of carbonyl (C=O) groups is 1. The van der Waals surface area contributed by atoms with Crippen LogP contribution in [0.25, 0.3) is 0 Å². The molecular weight excluding hydrogens is 200 g/mol. The van der Waals surface area contributed by atoms with Crippen molar-refractivity contribution in [3.8, 4) is 0 Å². The summed E-state index contributed by atoms with van der Waals surface area (Å²) in [6.45, 7) is 2.97. The molecule has 2 unspecified atom stereocenters. The standard InChI is InChI=1S/C13H18N2O/c1-9-7-11(9)8-15-13(16)12(14)10-5-3-2-4-6-10/h2-6,9,11-12H,7-8,14H2,1H3,(H,15,16)/t9?,11?,12-/m1/s1. The van der Waals surface area contributed by atoms with Gasteiger partial charge in [0.1, 0.15) is 6.04 Å². The van der Waals surface area contributed by atoms with E-state index in [4.69, 9.17) is 5.73 Å². The third kappa shape index (κ3) is 2.61. The topological polar surface area (TPSA) is 55.1 Å². The van der Waals surface area contributed by atoms with Crippen LogP contribution in [-0.2, 0) is 4.79 Å². The van der Waals surface area contributed by atoms with Gasteiger partial charge in [-0.05, 0) is 23.8 Å². The smallest absolute Gasteiger partial charge is 0.241 e. The van der Waals surface area contributed by atoms with E-state index in [-0.39, 0.29) is 5.91 Å². The van der Waals surface area contributed by atoms with Crippen molar-refractivity contribution in [2.45, 2.75) is 19.4 Å². The van der Waals surface area contributed by atoms with Crippen LogP contribution in [0.2, 0.25) is 0 Å². The first-order chi connectivity index (χ1) is 7.68. The van der Waals surface area contributed by atoms with Gasteiger partial charge in [0.2, 0.25) is 5.91 Å². The summed E-state index contributed by atoms with van der Waals surface area (Å²) < 4.78 is 0. The summed E-state index contributed by atoms with van der Waals surface area (Å²) in [7, 11) is 0. The first-order valence-corrected chi connectivity index (χ1v) is 5.76. The van der Waals surface area contributed by atoms with Gasteiger partial charge >= 0.3 is 0 Å². The molecule has 1 aromatic carbocycles. The average Bonchev–Trinajstić information content (AvgIpc) is 3.02. The Morgan fingerprint density at radius 3 is 2.69 bits per heavy atom. The van der Waals surface area contributed by atoms with Crippen molar-refractivity contribution in [2.24, 2.45) is 17.6 Å². The van der Waals surface area contributed by atoms with Crippen molar-refractivity contribution in [1.82, 2.24) is 5.32 Å². The van der Waals surface area contributed by atoms with Crippen molar-refractivity contribution >= 4 is 5.91 Å². The number of nitrogens with two attached hydrogens (primary N) is 1. The predicted octanol–water partition coefficient (Wildman–Crippen LogP) is 1.46. The van der Waals surface area contributed by atoms with Crippen LogP contribution in [0.5, 0.6) is 0 Å². The Morgan fingerprint density at radius 1 is 1.50 bits per heavy atom. The van der Waals surface area contributed by atoms with E-state index in [0.717, 1.165) is 18.0 Å². The fourth-order valence-corrected chi connectivity index (χ4v) is 1.84. The molecule has 16 heavy (non-hydrogen) atoms. The fourth-order valence-electron chi connectivity index (χ4n) is 1.84. The molecule has 86 valence electrons. The van der Waals surface area contributed by atoms with Gasteiger partial charge in [0.25, 0.3) is 0 Å². The zero-order chi connectivity index (χ0) is 11.5. The Balaban J connectivity index is 1.84. The van der Waals surface area contributed by atoms with Crippen LogP contribution in [0.4, 0.5) is 0 Å². The lowest BCUT2D eigenvalue weighted by molar-refractivity contribution is -0.122. The predicted molar refractivity (Wildman–Crippen MR) is 63.7 cm³/mol. The second kappa shape index (κ2) is 4.66. The molecule has 3 nitrogen and oxygen atoms in total. The third-order valence-electron chi connectivity index (χ3n) is 3.26. The Bertz CT molecular complexity index is 363. The highest BCUT2D eigenvalue weighted by Crippen LogP contribution is 2.36. The monoisotopic (exact) mass is 218 g/mol. The fraction of sp³-hybridized carbons (Fsp3) is 0.462. The molecule has 1 saturated carbocycles. The van der Waals surface area contributed by atoms with Crippen LogP contribution in [-0.4, -0.2) is 12.5 Å². The minimum absolute atomic E-state index is 0.0784. The Kier molecular flexibility index (Phi) is 3.25. The molecule has 0 bridgehead atoms. The van der Waals surface area contributed by atoms with Crippen LogP contribution in [0.1, 0.15) is 24.9 Å². The van der Waals surface area contributed by atoms with E-state index >= 15 is 0 Å². The maximum Gasteiger partial charge on any atom is 0.241 e. The van der Waals surface area contributed by atoms with E-state index in [1.165, 1.54) is 6.42 Å². The number of nitrogens with one attached hydrogen (secondary N) is 1. The molecule has 3 N–H and O–H groups in total. The zero-order valence-corrected chi connectivity index (χ0v) is 9.52. The summed E-state index contributed by atoms with van der Waals surface area (Å²) in [6, 6.07) is 8.92. The molecule has 3 heteroatoms. The molecule has 0 aliphatic heterocycles. The van der Waals surface area contributed by atoms with E-state index in [0.29, 0.717) is 5.92 Å². The second-order valence-corrected chi connectivity index (χ2v) is 4.61. The Morgan fingerprint density at radius 2 is 2.12 bits per heavy atom. The van der Waals surface area contributed by atoms with Crippen LogP contribution in [0.3, 0.4) is 0 Å². The molecule has 0 heterocycles. The maximum absolute atomic E-state index is 11.7. The molecule has 1 aliphatic carbocycles. The van der Waals surface area contributed by atoms with E-state index in [2.05, 4.69) is 12.2 Å². The lowest BCUT2D eigenvalue weighted by atomic mass is 10.1. The Hall–Kier alpha value is -1.35. The number of hydrogen-bond acceptors (Lipinski definition) is 2. The van der Waals surface area contributed by atoms with Crippen molar-refractivity contribution in [3.05, 3.63) is 35.9 Å². The normalized spacial score (nSPS) is 24.9. The first-order valence-electron chi connectivity index (χ1n) is 5.76. The number of rotatable bonds is 4. The lowest BCUT2D eigenvalue weighted by Crippen LogP contribution is -2.35. The zero-order valence-electron chi connectivity index (χ0n) is 9.52. The van der Waals surface area contributed by atoms with Crippen LogP contribution < -0.4 is 11.1 Å². The molecule has 0 radical (unpaired) electrons. The highest BCUT2D eigenvalue weighted by atomic mass is 16.2. The number of carbonyl (C=O) groups excluding carboxylic acids is 1. The van der Waals surface area contributed by atoms with Gasteiger partial charge in [0.05, 0.1) is 0 Å². The second-order valence-electron chi connectivity index (χ2n) is 4.61. The van der Waals surface area contributed by atoms with Gasteiger partial charge in [-0.15, -0.1) is 0 Å². The van der Waals surface area contributed by atoms with E-state index in [9.17, 15) is 4.79 Å². The highest BCUT2D eigenvalue weighted by molar-refractivity contribution is 5.82. The minimum Gasteiger partial charge on any atom is -0.354 e. The largest absolute Gasteiger partial charge is 0.354 e. The number of amides is 1. The summed E-state index contributed by atoms with van der Waals surface area (Å²) in [6.07, 6.45) is 1.22. The molecule has 1 aliphatic rings. The van der Waals surface area contributed by atoms with Crippen LogP contribution in [0.15, 0.2) is 30.3 Å². The van der Waals surface area contributed by atoms with Crippen molar-refractivity contribution in [1.29, 1.82) is 0 Å². The van der Waals surface area contributed by atoms with Gasteiger partial charge in [-0.25, -0.2) is 0 Å². The van der Waals surface area contributed by atoms with E-state index in [1.807, 2.05) is 30.3 Å². The molecular formula is C13H18N2O. The quantitative estimate of drug-likeness (QED) is 0.804. The third-order valence-corrected chi connectivity index (χ3v) is 3.26. The van der Waals surface area contributed by atoms with Gasteiger partial charge in [-0.1, -0.05) is 37.3 Å². The molecule has 0 aromatic heterocycles. The number of hydrogen-bond donors (Lipinski definition) is 2. The molecule has 0 saturated heterocycles. The van der Waals surface area contributed by atoms with Crippen molar-refractivity contribution in [2.75, 3.05) is 6.54 Å². The summed E-state index contributed by atoms with van der Waals surface area (Å²) in [5.41, 5.74) is 6.73. The first kappa shape index (κ1) is 11.1. The van der Waals surface area contributed by atoms with Gasteiger partial charge in [-0.2, -0.15) is 0 Å². The van der Waals surface area contributed by atoms with Crippen molar-refractivity contribution < 1.29 is 4.79 Å². The van der Waals surface area contributed by atoms with Gasteiger partial charge in [-0.3, -0.25) is 4.79 Å². The molecule has 1 amide bonds. The highest BCUT2D eigenvalue weighted by Gasteiger charge is 2.32. The molecule has 1 aromatic rings. The minimum atomic E-state index is -0.546. The average molecular weight is 218 g/mol. The SMILES string of the molecule is CC1CC1CNC(=O)[C@H](N)c1ccccc1. The number of benzene rings is 1. The van der Waals surface area contributed by atoms with E-state index in [1.54, 1.807) is 0 Å². The van der Waals surface area contributed by atoms with Gasteiger partial charge in [0.15, 0.2) is 0 Å². The maximum atomic E-state index is 11.7. The molecule has 0 spiro atoms.